The van der Waals surface area contributed by atoms with Crippen molar-refractivity contribution in [3.05, 3.63) is 0 Å². The third-order valence-corrected chi connectivity index (χ3v) is 1.19. The van der Waals surface area contributed by atoms with Gasteiger partial charge in [-0.15, -0.1) is 0 Å². The summed E-state index contributed by atoms with van der Waals surface area (Å²) in [5, 5.41) is 0. The molecule has 0 N–H and O–H groups in total. The molecule has 1 saturated carbocycles. The molecular formula is C6H10O2. The van der Waals surface area contributed by atoms with Gasteiger partial charge in [0, 0.05) is 7.77 Å². The summed E-state index contributed by atoms with van der Waals surface area (Å²) in [6.45, 7) is 0. The highest BCUT2D eigenvalue weighted by Gasteiger charge is 2.24. The van der Waals surface area contributed by atoms with Crippen molar-refractivity contribution in [1.82, 2.24) is 0 Å². The Labute approximate surface area is 50.2 Å². The van der Waals surface area contributed by atoms with Crippen LogP contribution in [0.25, 0.3) is 0 Å². The lowest BCUT2D eigenvalue weighted by Gasteiger charge is -1.92. The molecule has 8 heavy (non-hydrogen) atoms. The fourth-order valence-electron chi connectivity index (χ4n) is 0.523. The van der Waals surface area contributed by atoms with Crippen LogP contribution in [0, 0.1) is 5.92 Å². The Morgan fingerprint density at radius 3 is 3.00 bits per heavy atom. The van der Waals surface area contributed by atoms with Crippen LogP contribution in [0.2, 0.25) is 0 Å². The summed E-state index contributed by atoms with van der Waals surface area (Å²) in [4.78, 5) is 10.6. The van der Waals surface area contributed by atoms with Crippen LogP contribution in [0.15, 0.2) is 0 Å². The zero-order chi connectivity index (χ0) is 6.85. The van der Waals surface area contributed by atoms with Crippen LogP contribution in [0.4, 0.5) is 0 Å². The molecule has 46 valence electrons. The third kappa shape index (κ3) is 1.52. The molecule has 1 rings (SSSR count). The van der Waals surface area contributed by atoms with Crippen molar-refractivity contribution in [3.8, 4) is 0 Å². The summed E-state index contributed by atoms with van der Waals surface area (Å²) in [7, 11) is 1.33. The fourth-order valence-corrected chi connectivity index (χ4v) is 0.523. The molecule has 0 saturated heterocycles. The predicted octanol–water partition coefficient (Wildman–Crippen LogP) is 0.960. The molecule has 1 unspecified atom stereocenters. The van der Waals surface area contributed by atoms with Crippen LogP contribution in [0.5, 0.6) is 0 Å². The van der Waals surface area contributed by atoms with Gasteiger partial charge in [-0.3, -0.25) is 4.79 Å². The first-order valence-corrected chi connectivity index (χ1v) is 2.76. The van der Waals surface area contributed by atoms with E-state index in [1.54, 1.807) is 0 Å². The van der Waals surface area contributed by atoms with Gasteiger partial charge in [0.2, 0.25) is 0 Å². The highest BCUT2D eigenvalue weighted by atomic mass is 16.5. The summed E-state index contributed by atoms with van der Waals surface area (Å²) in [6.07, 6.45) is 1.42. The molecule has 1 atom stereocenters. The average Bonchev–Trinajstić information content (AvgIpc) is 2.66. The van der Waals surface area contributed by atoms with Gasteiger partial charge in [0.25, 0.3) is 0 Å². The molecule has 0 heterocycles. The quantitative estimate of drug-likeness (QED) is 0.501. The number of esters is 1. The van der Waals surface area contributed by atoms with Crippen molar-refractivity contribution in [2.75, 3.05) is 7.11 Å². The molecule has 0 radical (unpaired) electrons. The molecule has 0 spiro atoms. The third-order valence-electron chi connectivity index (χ3n) is 1.19. The number of hydrogen-bond acceptors (Lipinski definition) is 2. The first kappa shape index (κ1) is 4.36. The lowest BCUT2D eigenvalue weighted by Crippen LogP contribution is -1.99. The standard InChI is InChI=1S/C6H10O2/c1-8-6(7)4-5-2-3-5/h5H,2-4H2,1H3/i4D. The minimum absolute atomic E-state index is 0.289. The Bertz CT molecular complexity index is 120. The van der Waals surface area contributed by atoms with Crippen molar-refractivity contribution >= 4 is 5.97 Å². The number of rotatable bonds is 2. The van der Waals surface area contributed by atoms with E-state index in [9.17, 15) is 4.79 Å². The van der Waals surface area contributed by atoms with Crippen LogP contribution in [-0.2, 0) is 9.53 Å². The van der Waals surface area contributed by atoms with Gasteiger partial charge in [-0.2, -0.15) is 0 Å². The number of carbonyl (C=O) groups excluding carboxylic acids is 1. The molecular weight excluding hydrogens is 104 g/mol. The van der Waals surface area contributed by atoms with E-state index in [0.717, 1.165) is 12.8 Å². The predicted molar refractivity (Wildman–Crippen MR) is 29.4 cm³/mol. The summed E-state index contributed by atoms with van der Waals surface area (Å²) >= 11 is 0. The molecule has 0 aromatic rings. The molecule has 1 aliphatic carbocycles. The van der Waals surface area contributed by atoms with Crippen LogP contribution in [0.3, 0.4) is 0 Å². The Morgan fingerprint density at radius 1 is 2.00 bits per heavy atom. The molecule has 0 aliphatic heterocycles. The highest BCUT2D eigenvalue weighted by molar-refractivity contribution is 5.69. The van der Waals surface area contributed by atoms with Crippen molar-refractivity contribution in [3.63, 3.8) is 0 Å². The van der Waals surface area contributed by atoms with Crippen molar-refractivity contribution in [1.29, 1.82) is 0 Å². The lowest BCUT2D eigenvalue weighted by atomic mass is 10.3. The summed E-state index contributed by atoms with van der Waals surface area (Å²) < 4.78 is 11.6. The highest BCUT2D eigenvalue weighted by Crippen LogP contribution is 2.32. The van der Waals surface area contributed by atoms with Gasteiger partial charge in [0.15, 0.2) is 0 Å². The van der Waals surface area contributed by atoms with Crippen molar-refractivity contribution in [2.24, 2.45) is 5.92 Å². The second kappa shape index (κ2) is 2.16. The van der Waals surface area contributed by atoms with Crippen molar-refractivity contribution < 1.29 is 10.9 Å². The monoisotopic (exact) mass is 115 g/mol. The van der Waals surface area contributed by atoms with Gasteiger partial charge in [0.1, 0.15) is 0 Å². The molecule has 0 amide bonds. The van der Waals surface area contributed by atoms with Gasteiger partial charge in [0.05, 0.1) is 7.11 Å². The molecule has 0 bridgehead atoms. The van der Waals surface area contributed by atoms with Gasteiger partial charge < -0.3 is 4.74 Å². The van der Waals surface area contributed by atoms with Crippen LogP contribution >= 0.6 is 0 Å². The Morgan fingerprint density at radius 2 is 2.62 bits per heavy atom. The minimum Gasteiger partial charge on any atom is -0.469 e. The summed E-state index contributed by atoms with van der Waals surface area (Å²) in [5.74, 6) is -0.102. The Hall–Kier alpha value is -0.530. The van der Waals surface area contributed by atoms with E-state index in [-0.39, 0.29) is 5.92 Å². The maximum Gasteiger partial charge on any atom is 0.305 e. The van der Waals surface area contributed by atoms with E-state index < -0.39 is 12.4 Å². The van der Waals surface area contributed by atoms with E-state index in [1.165, 1.54) is 7.11 Å². The molecule has 1 aliphatic rings. The first-order valence-electron chi connectivity index (χ1n) is 3.33. The number of ether oxygens (including phenoxy) is 1. The molecule has 2 nitrogen and oxygen atoms in total. The zero-order valence-electron chi connectivity index (χ0n) is 5.89. The van der Waals surface area contributed by atoms with Crippen LogP contribution < -0.4 is 0 Å². The van der Waals surface area contributed by atoms with Crippen molar-refractivity contribution in [2.45, 2.75) is 19.2 Å². The molecule has 0 aromatic heterocycles. The molecule has 2 heteroatoms. The SMILES string of the molecule is [2H]C(C(=O)OC)C1CC1. The summed E-state index contributed by atoms with van der Waals surface area (Å²) in [6, 6.07) is 0. The molecule has 1 fully saturated rings. The van der Waals surface area contributed by atoms with E-state index in [1.807, 2.05) is 0 Å². The fraction of sp³-hybridized carbons (Fsp3) is 0.833. The molecule has 0 aromatic carbocycles. The second-order valence-electron chi connectivity index (χ2n) is 2.03. The smallest absolute Gasteiger partial charge is 0.305 e. The topological polar surface area (TPSA) is 26.3 Å². The van der Waals surface area contributed by atoms with Gasteiger partial charge in [-0.25, -0.2) is 0 Å². The maximum atomic E-state index is 10.6. The summed E-state index contributed by atoms with van der Waals surface area (Å²) in [5.41, 5.74) is 0. The number of methoxy groups -OCH3 is 1. The largest absolute Gasteiger partial charge is 0.469 e. The van der Waals surface area contributed by atoms with Gasteiger partial charge in [-0.05, 0) is 18.8 Å². The average molecular weight is 115 g/mol. The van der Waals surface area contributed by atoms with E-state index in [0.29, 0.717) is 0 Å². The van der Waals surface area contributed by atoms with Gasteiger partial charge in [-0.1, -0.05) is 0 Å². The zero-order valence-corrected chi connectivity index (χ0v) is 4.89. The van der Waals surface area contributed by atoms with E-state index >= 15 is 0 Å². The second-order valence-corrected chi connectivity index (χ2v) is 2.03. The Kier molecular flexibility index (Phi) is 1.18. The van der Waals surface area contributed by atoms with E-state index in [2.05, 4.69) is 4.74 Å². The van der Waals surface area contributed by atoms with Gasteiger partial charge >= 0.3 is 5.97 Å². The number of carbonyl (C=O) groups is 1. The number of hydrogen-bond donors (Lipinski definition) is 0. The van der Waals surface area contributed by atoms with Crippen LogP contribution in [0.1, 0.15) is 20.6 Å². The Balaban J connectivity index is 2.30. The normalized spacial score (nSPS) is 23.9. The maximum absolute atomic E-state index is 10.6. The van der Waals surface area contributed by atoms with Crippen LogP contribution in [-0.4, -0.2) is 13.1 Å². The first-order chi connectivity index (χ1) is 4.25. The lowest BCUT2D eigenvalue weighted by molar-refractivity contribution is -0.141. The minimum atomic E-state index is -0.616. The van der Waals surface area contributed by atoms with E-state index in [4.69, 9.17) is 1.37 Å².